The largest absolute Gasteiger partial charge is 0.462 e. The summed E-state index contributed by atoms with van der Waals surface area (Å²) in [4.78, 5) is 38.1. The van der Waals surface area contributed by atoms with E-state index in [0.717, 1.165) is 83.5 Å². The van der Waals surface area contributed by atoms with Crippen LogP contribution >= 0.6 is 0 Å². The molecule has 6 nitrogen and oxygen atoms in total. The molecule has 0 saturated carbocycles. The molecule has 0 aliphatic carbocycles. The maximum Gasteiger partial charge on any atom is 0.306 e. The Labute approximate surface area is 428 Å². The lowest BCUT2D eigenvalue weighted by Gasteiger charge is -2.18. The molecule has 402 valence electrons. The summed E-state index contributed by atoms with van der Waals surface area (Å²) in [6.07, 6.45) is 71.2. The topological polar surface area (TPSA) is 78.9 Å². The third-order valence-corrected chi connectivity index (χ3v) is 13.3. The van der Waals surface area contributed by atoms with Crippen molar-refractivity contribution in [2.75, 3.05) is 13.2 Å². The third-order valence-electron chi connectivity index (χ3n) is 13.3. The summed E-state index contributed by atoms with van der Waals surface area (Å²) < 4.78 is 16.9. The highest BCUT2D eigenvalue weighted by Crippen LogP contribution is 2.17. The minimum atomic E-state index is -0.767. The van der Waals surface area contributed by atoms with Crippen molar-refractivity contribution in [3.8, 4) is 0 Å². The first kappa shape index (κ1) is 66.4. The van der Waals surface area contributed by atoms with Crippen LogP contribution in [-0.2, 0) is 28.6 Å². The van der Waals surface area contributed by atoms with E-state index in [-0.39, 0.29) is 31.1 Å². The van der Waals surface area contributed by atoms with Gasteiger partial charge in [0.2, 0.25) is 0 Å². The molecule has 0 radical (unpaired) electrons. The number of unbranched alkanes of at least 4 members (excludes halogenated alkanes) is 36. The summed E-state index contributed by atoms with van der Waals surface area (Å²) in [5.74, 6) is -0.851. The maximum absolute atomic E-state index is 12.8. The Bertz CT molecular complexity index is 1200. The highest BCUT2D eigenvalue weighted by molar-refractivity contribution is 5.71. The average molecular weight is 968 g/mol. The first-order valence-corrected chi connectivity index (χ1v) is 30.1. The van der Waals surface area contributed by atoms with E-state index in [1.165, 1.54) is 193 Å². The van der Waals surface area contributed by atoms with Crippen molar-refractivity contribution >= 4 is 17.9 Å². The minimum absolute atomic E-state index is 0.0673. The van der Waals surface area contributed by atoms with Crippen LogP contribution in [0.25, 0.3) is 0 Å². The SMILES string of the molecule is CC/C=C\C/C=C\C/C=C\C/C=C\CCCCCCCCCCCCCCCCC(=O)OCC(COC(=O)CCCCCCCCCCCC)OC(=O)CCCCCCCCCCCCCCCC. The Hall–Kier alpha value is -2.63. The van der Waals surface area contributed by atoms with Crippen LogP contribution < -0.4 is 0 Å². The van der Waals surface area contributed by atoms with E-state index in [4.69, 9.17) is 14.2 Å². The zero-order chi connectivity index (χ0) is 50.0. The molecule has 0 aliphatic rings. The van der Waals surface area contributed by atoms with E-state index in [2.05, 4.69) is 69.4 Å². The van der Waals surface area contributed by atoms with Gasteiger partial charge < -0.3 is 14.2 Å². The summed E-state index contributed by atoms with van der Waals surface area (Å²) >= 11 is 0. The zero-order valence-electron chi connectivity index (χ0n) is 46.1. The number of carbonyl (C=O) groups excluding carboxylic acids is 3. The lowest BCUT2D eigenvalue weighted by atomic mass is 10.0. The van der Waals surface area contributed by atoms with Crippen molar-refractivity contribution in [2.24, 2.45) is 0 Å². The van der Waals surface area contributed by atoms with Gasteiger partial charge in [-0.15, -0.1) is 0 Å². The van der Waals surface area contributed by atoms with Crippen molar-refractivity contribution in [3.05, 3.63) is 48.6 Å². The molecule has 0 aromatic rings. The van der Waals surface area contributed by atoms with Crippen LogP contribution in [-0.4, -0.2) is 37.2 Å². The van der Waals surface area contributed by atoms with Crippen LogP contribution in [0.1, 0.15) is 316 Å². The Morgan fingerprint density at radius 2 is 0.565 bits per heavy atom. The van der Waals surface area contributed by atoms with Gasteiger partial charge in [0.1, 0.15) is 13.2 Å². The van der Waals surface area contributed by atoms with Crippen LogP contribution in [0, 0.1) is 0 Å². The molecule has 6 heteroatoms. The van der Waals surface area contributed by atoms with Crippen molar-refractivity contribution in [2.45, 2.75) is 322 Å². The molecule has 0 heterocycles. The second-order valence-electron chi connectivity index (χ2n) is 20.2. The minimum Gasteiger partial charge on any atom is -0.462 e. The molecule has 0 saturated heterocycles. The van der Waals surface area contributed by atoms with E-state index >= 15 is 0 Å². The third kappa shape index (κ3) is 56.2. The standard InChI is InChI=1S/C63H114O6/c1-4-7-10-13-16-19-22-24-26-27-28-29-30-31-32-33-34-35-36-37-38-40-41-44-47-50-53-56-62(65)68-59-60(58-67-61(64)55-52-49-46-43-21-18-15-12-9-6-3)69-63(66)57-54-51-48-45-42-39-25-23-20-17-14-11-8-5-2/h7,10,16,19,24,26,28-29,60H,4-6,8-9,11-15,17-18,20-23,25,27,30-59H2,1-3H3/b10-7-,19-16-,26-24-,29-28-. The average Bonchev–Trinajstić information content (AvgIpc) is 3.35. The number of hydrogen-bond acceptors (Lipinski definition) is 6. The van der Waals surface area contributed by atoms with Gasteiger partial charge in [-0.3, -0.25) is 14.4 Å². The molecule has 0 aliphatic heterocycles. The van der Waals surface area contributed by atoms with Gasteiger partial charge >= 0.3 is 17.9 Å². The normalized spacial score (nSPS) is 12.3. The Balaban J connectivity index is 4.15. The van der Waals surface area contributed by atoms with Crippen LogP contribution in [0.15, 0.2) is 48.6 Å². The van der Waals surface area contributed by atoms with Crippen LogP contribution in [0.2, 0.25) is 0 Å². The van der Waals surface area contributed by atoms with Gasteiger partial charge in [0.25, 0.3) is 0 Å². The number of ether oxygens (including phenoxy) is 3. The lowest BCUT2D eigenvalue weighted by Crippen LogP contribution is -2.30. The summed E-state index contributed by atoms with van der Waals surface area (Å²) in [6.45, 7) is 6.55. The zero-order valence-corrected chi connectivity index (χ0v) is 46.1. The predicted octanol–water partition coefficient (Wildman–Crippen LogP) is 20.2. The highest BCUT2D eigenvalue weighted by atomic mass is 16.6. The fourth-order valence-corrected chi connectivity index (χ4v) is 8.85. The lowest BCUT2D eigenvalue weighted by molar-refractivity contribution is -0.167. The van der Waals surface area contributed by atoms with Crippen molar-refractivity contribution < 1.29 is 28.6 Å². The second kappa shape index (κ2) is 57.9. The summed E-state index contributed by atoms with van der Waals surface area (Å²) in [7, 11) is 0. The Kier molecular flexibility index (Phi) is 55.7. The molecule has 0 aromatic heterocycles. The van der Waals surface area contributed by atoms with E-state index < -0.39 is 6.10 Å². The molecule has 0 aromatic carbocycles. The number of allylic oxidation sites excluding steroid dienone is 8. The fraction of sp³-hybridized carbons (Fsp3) is 0.825. The molecule has 0 fully saturated rings. The number of rotatable bonds is 55. The number of esters is 3. The summed E-state index contributed by atoms with van der Waals surface area (Å²) in [5.41, 5.74) is 0. The molecule has 1 atom stereocenters. The maximum atomic E-state index is 12.8. The summed E-state index contributed by atoms with van der Waals surface area (Å²) in [5, 5.41) is 0. The molecular weight excluding hydrogens is 853 g/mol. The van der Waals surface area contributed by atoms with Crippen molar-refractivity contribution in [1.29, 1.82) is 0 Å². The Morgan fingerprint density at radius 3 is 0.884 bits per heavy atom. The molecule has 0 amide bonds. The van der Waals surface area contributed by atoms with Gasteiger partial charge in [0, 0.05) is 19.3 Å². The molecule has 1 unspecified atom stereocenters. The highest BCUT2D eigenvalue weighted by Gasteiger charge is 2.19. The number of carbonyl (C=O) groups is 3. The van der Waals surface area contributed by atoms with E-state index in [9.17, 15) is 14.4 Å². The molecule has 69 heavy (non-hydrogen) atoms. The predicted molar refractivity (Wildman–Crippen MR) is 298 cm³/mol. The van der Waals surface area contributed by atoms with Gasteiger partial charge in [-0.1, -0.05) is 288 Å². The van der Waals surface area contributed by atoms with Gasteiger partial charge in [-0.05, 0) is 57.8 Å². The smallest absolute Gasteiger partial charge is 0.306 e. The monoisotopic (exact) mass is 967 g/mol. The molecular formula is C63H114O6. The van der Waals surface area contributed by atoms with Gasteiger partial charge in [-0.2, -0.15) is 0 Å². The van der Waals surface area contributed by atoms with Gasteiger partial charge in [0.05, 0.1) is 0 Å². The fourth-order valence-electron chi connectivity index (χ4n) is 8.85. The quantitative estimate of drug-likeness (QED) is 0.0262. The van der Waals surface area contributed by atoms with E-state index in [1.807, 2.05) is 0 Å². The molecule has 0 spiro atoms. The van der Waals surface area contributed by atoms with Crippen LogP contribution in [0.4, 0.5) is 0 Å². The van der Waals surface area contributed by atoms with Gasteiger partial charge in [-0.25, -0.2) is 0 Å². The van der Waals surface area contributed by atoms with Gasteiger partial charge in [0.15, 0.2) is 6.10 Å². The van der Waals surface area contributed by atoms with Crippen molar-refractivity contribution in [3.63, 3.8) is 0 Å². The molecule has 0 bridgehead atoms. The second-order valence-corrected chi connectivity index (χ2v) is 20.2. The van der Waals surface area contributed by atoms with Crippen LogP contribution in [0.3, 0.4) is 0 Å². The first-order valence-electron chi connectivity index (χ1n) is 30.1. The van der Waals surface area contributed by atoms with E-state index in [0.29, 0.717) is 19.3 Å². The molecule has 0 rings (SSSR count). The number of hydrogen-bond donors (Lipinski definition) is 0. The summed E-state index contributed by atoms with van der Waals surface area (Å²) in [6, 6.07) is 0. The van der Waals surface area contributed by atoms with Crippen LogP contribution in [0.5, 0.6) is 0 Å². The van der Waals surface area contributed by atoms with Crippen molar-refractivity contribution in [1.82, 2.24) is 0 Å². The Morgan fingerprint density at radius 1 is 0.304 bits per heavy atom. The van der Waals surface area contributed by atoms with E-state index in [1.54, 1.807) is 0 Å². The molecule has 0 N–H and O–H groups in total. The first-order chi connectivity index (χ1) is 34.0.